The van der Waals surface area contributed by atoms with E-state index < -0.39 is 23.1 Å². The second-order valence-corrected chi connectivity index (χ2v) is 7.71. The predicted octanol–water partition coefficient (Wildman–Crippen LogP) is 2.15. The molecule has 7 nitrogen and oxygen atoms in total. The molecule has 0 saturated heterocycles. The zero-order chi connectivity index (χ0) is 21.3. The molecular weight excluding hydrogens is 377 g/mol. The molecule has 0 unspecified atom stereocenters. The molecule has 0 saturated carbocycles. The van der Waals surface area contributed by atoms with Gasteiger partial charge >= 0.3 is 0 Å². The summed E-state index contributed by atoms with van der Waals surface area (Å²) in [5.74, 6) is -1.75. The van der Waals surface area contributed by atoms with Crippen LogP contribution in [0.1, 0.15) is 45.8 Å². The third-order valence-electron chi connectivity index (χ3n) is 4.91. The maximum atomic E-state index is 13.1. The van der Waals surface area contributed by atoms with E-state index in [1.165, 1.54) is 21.9 Å². The number of halogens is 1. The van der Waals surface area contributed by atoms with Crippen LogP contribution in [-0.2, 0) is 13.0 Å². The SMILES string of the molecule is CC(C)CN(C)C(=O)c1[nH]c(=O)c(O)c2c1CCN(Cc1ccc(F)cc1)C2=O. The maximum Gasteiger partial charge on any atom is 0.291 e. The van der Waals surface area contributed by atoms with E-state index in [0.29, 0.717) is 25.1 Å². The third-order valence-corrected chi connectivity index (χ3v) is 4.91. The van der Waals surface area contributed by atoms with Gasteiger partial charge in [0.2, 0.25) is 0 Å². The quantitative estimate of drug-likeness (QED) is 0.803. The van der Waals surface area contributed by atoms with Crippen molar-refractivity contribution in [3.63, 3.8) is 0 Å². The van der Waals surface area contributed by atoms with Gasteiger partial charge in [-0.2, -0.15) is 0 Å². The monoisotopic (exact) mass is 401 g/mol. The Balaban J connectivity index is 1.96. The van der Waals surface area contributed by atoms with Crippen molar-refractivity contribution in [2.24, 2.45) is 5.92 Å². The van der Waals surface area contributed by atoms with Crippen LogP contribution in [0.5, 0.6) is 5.75 Å². The lowest BCUT2D eigenvalue weighted by molar-refractivity contribution is 0.0719. The molecule has 0 bridgehead atoms. The fraction of sp³-hybridized carbons (Fsp3) is 0.381. The summed E-state index contributed by atoms with van der Waals surface area (Å²) in [4.78, 5) is 43.5. The van der Waals surface area contributed by atoms with Crippen LogP contribution in [0.2, 0.25) is 0 Å². The van der Waals surface area contributed by atoms with Crippen molar-refractivity contribution in [3.8, 4) is 5.75 Å². The number of aromatic nitrogens is 1. The van der Waals surface area contributed by atoms with Gasteiger partial charge in [-0.25, -0.2) is 4.39 Å². The fourth-order valence-corrected chi connectivity index (χ4v) is 3.58. The number of carbonyl (C=O) groups excluding carboxylic acids is 2. The Bertz CT molecular complexity index is 998. The summed E-state index contributed by atoms with van der Waals surface area (Å²) in [5, 5.41) is 10.3. The van der Waals surface area contributed by atoms with Gasteiger partial charge < -0.3 is 19.9 Å². The van der Waals surface area contributed by atoms with E-state index in [4.69, 9.17) is 0 Å². The molecule has 1 aromatic carbocycles. The van der Waals surface area contributed by atoms with Crippen LogP contribution in [0.3, 0.4) is 0 Å². The number of hydrogen-bond acceptors (Lipinski definition) is 4. The van der Waals surface area contributed by atoms with Crippen molar-refractivity contribution in [2.45, 2.75) is 26.8 Å². The lowest BCUT2D eigenvalue weighted by atomic mass is 9.95. The van der Waals surface area contributed by atoms with Gasteiger partial charge in [-0.1, -0.05) is 26.0 Å². The highest BCUT2D eigenvalue weighted by Crippen LogP contribution is 2.28. The minimum atomic E-state index is -0.873. The summed E-state index contributed by atoms with van der Waals surface area (Å²) in [6.07, 6.45) is 0.309. The molecule has 0 fully saturated rings. The largest absolute Gasteiger partial charge is 0.502 e. The number of fused-ring (bicyclic) bond motifs is 1. The number of H-pyrrole nitrogens is 1. The van der Waals surface area contributed by atoms with Crippen LogP contribution in [-0.4, -0.2) is 51.8 Å². The molecule has 8 heteroatoms. The average Bonchev–Trinajstić information content (AvgIpc) is 2.67. The number of rotatable bonds is 5. The molecule has 0 aliphatic carbocycles. The molecule has 1 aliphatic rings. The van der Waals surface area contributed by atoms with Gasteiger partial charge in [-0.15, -0.1) is 0 Å². The predicted molar refractivity (Wildman–Crippen MR) is 105 cm³/mol. The highest BCUT2D eigenvalue weighted by atomic mass is 19.1. The normalized spacial score (nSPS) is 13.6. The zero-order valence-corrected chi connectivity index (χ0v) is 16.7. The minimum absolute atomic E-state index is 0.0423. The number of amides is 2. The van der Waals surface area contributed by atoms with Gasteiger partial charge in [0.15, 0.2) is 5.75 Å². The fourth-order valence-electron chi connectivity index (χ4n) is 3.58. The number of benzene rings is 1. The molecule has 1 aliphatic heterocycles. The molecule has 154 valence electrons. The van der Waals surface area contributed by atoms with Crippen molar-refractivity contribution in [1.82, 2.24) is 14.8 Å². The summed E-state index contributed by atoms with van der Waals surface area (Å²) in [7, 11) is 1.63. The first-order valence-electron chi connectivity index (χ1n) is 9.46. The van der Waals surface area contributed by atoms with Crippen LogP contribution in [0, 0.1) is 11.7 Å². The highest BCUT2D eigenvalue weighted by Gasteiger charge is 2.33. The van der Waals surface area contributed by atoms with Crippen molar-refractivity contribution in [1.29, 1.82) is 0 Å². The van der Waals surface area contributed by atoms with E-state index in [1.54, 1.807) is 19.2 Å². The molecule has 3 rings (SSSR count). The van der Waals surface area contributed by atoms with Crippen molar-refractivity contribution in [2.75, 3.05) is 20.1 Å². The summed E-state index contributed by atoms with van der Waals surface area (Å²) in [5.41, 5.74) is 0.106. The molecule has 0 radical (unpaired) electrons. The van der Waals surface area contributed by atoms with E-state index >= 15 is 0 Å². The second-order valence-electron chi connectivity index (χ2n) is 7.71. The first kappa shape index (κ1) is 20.6. The van der Waals surface area contributed by atoms with Crippen molar-refractivity contribution < 1.29 is 19.1 Å². The first-order chi connectivity index (χ1) is 13.7. The molecule has 0 spiro atoms. The number of carbonyl (C=O) groups is 2. The third kappa shape index (κ3) is 4.16. The van der Waals surface area contributed by atoms with E-state index in [9.17, 15) is 23.9 Å². The maximum absolute atomic E-state index is 13.1. The van der Waals surface area contributed by atoms with Crippen molar-refractivity contribution >= 4 is 11.8 Å². The highest BCUT2D eigenvalue weighted by molar-refractivity contribution is 6.03. The molecule has 2 amide bonds. The number of hydrogen-bond donors (Lipinski definition) is 2. The Morgan fingerprint density at radius 3 is 2.55 bits per heavy atom. The number of pyridine rings is 1. The van der Waals surface area contributed by atoms with Gasteiger partial charge in [0.25, 0.3) is 17.4 Å². The molecule has 2 heterocycles. The molecule has 2 aromatic rings. The van der Waals surface area contributed by atoms with Crippen LogP contribution in [0.25, 0.3) is 0 Å². The number of nitrogens with one attached hydrogen (secondary N) is 1. The zero-order valence-electron chi connectivity index (χ0n) is 16.7. The summed E-state index contributed by atoms with van der Waals surface area (Å²) in [6.45, 7) is 4.94. The van der Waals surface area contributed by atoms with Crippen LogP contribution in [0.15, 0.2) is 29.1 Å². The van der Waals surface area contributed by atoms with E-state index in [1.807, 2.05) is 13.8 Å². The number of nitrogens with zero attached hydrogens (tertiary/aromatic N) is 2. The lowest BCUT2D eigenvalue weighted by Gasteiger charge is -2.30. The standard InChI is InChI=1S/C21H24FN3O4/c1-12(2)10-24(3)21(29)17-15-8-9-25(11-13-4-6-14(22)7-5-13)20(28)16(15)18(26)19(27)23-17/h4-7,12,26H,8-11H2,1-3H3,(H,23,27). The molecule has 2 N–H and O–H groups in total. The van der Waals surface area contributed by atoms with Gasteiger partial charge in [0, 0.05) is 26.7 Å². The van der Waals surface area contributed by atoms with Gasteiger partial charge in [-0.05, 0) is 35.6 Å². The summed E-state index contributed by atoms with van der Waals surface area (Å²) in [6, 6.07) is 5.76. The topological polar surface area (TPSA) is 93.7 Å². The Hall–Kier alpha value is -3.16. The van der Waals surface area contributed by atoms with E-state index in [0.717, 1.165) is 5.56 Å². The number of aromatic amines is 1. The summed E-state index contributed by atoms with van der Waals surface area (Å²) >= 11 is 0. The number of aromatic hydroxyl groups is 1. The minimum Gasteiger partial charge on any atom is -0.502 e. The second kappa shape index (κ2) is 8.06. The van der Waals surface area contributed by atoms with Crippen LogP contribution in [0.4, 0.5) is 4.39 Å². The van der Waals surface area contributed by atoms with Crippen LogP contribution >= 0.6 is 0 Å². The molecule has 1 aromatic heterocycles. The molecule has 29 heavy (non-hydrogen) atoms. The van der Waals surface area contributed by atoms with Gasteiger partial charge in [0.1, 0.15) is 11.5 Å². The smallest absolute Gasteiger partial charge is 0.291 e. The lowest BCUT2D eigenvalue weighted by Crippen LogP contribution is -2.41. The Kier molecular flexibility index (Phi) is 5.72. The Morgan fingerprint density at radius 1 is 1.28 bits per heavy atom. The van der Waals surface area contributed by atoms with E-state index in [-0.39, 0.29) is 29.5 Å². The van der Waals surface area contributed by atoms with E-state index in [2.05, 4.69) is 4.98 Å². The first-order valence-corrected chi connectivity index (χ1v) is 9.46. The average molecular weight is 401 g/mol. The van der Waals surface area contributed by atoms with Crippen molar-refractivity contribution in [3.05, 3.63) is 62.8 Å². The van der Waals surface area contributed by atoms with Gasteiger partial charge in [0.05, 0.1) is 5.56 Å². The summed E-state index contributed by atoms with van der Waals surface area (Å²) < 4.78 is 13.1. The Labute approximate surface area is 167 Å². The molecule has 0 atom stereocenters. The van der Waals surface area contributed by atoms with Gasteiger partial charge in [-0.3, -0.25) is 14.4 Å². The Morgan fingerprint density at radius 2 is 1.93 bits per heavy atom. The molecular formula is C21H24FN3O4. The van der Waals surface area contributed by atoms with Crippen LogP contribution < -0.4 is 5.56 Å².